The average Bonchev–Trinajstić information content (AvgIpc) is 2.65. The summed E-state index contributed by atoms with van der Waals surface area (Å²) in [5.74, 6) is -0.0553. The van der Waals surface area contributed by atoms with E-state index in [4.69, 9.17) is 11.5 Å². The maximum Gasteiger partial charge on any atom is 0.220 e. The van der Waals surface area contributed by atoms with Gasteiger partial charge < -0.3 is 22.1 Å². The molecule has 0 aliphatic heterocycles. The summed E-state index contributed by atoms with van der Waals surface area (Å²) in [6.45, 7) is 1.16. The van der Waals surface area contributed by atoms with Crippen molar-refractivity contribution < 1.29 is 9.59 Å². The molecule has 0 aliphatic carbocycles. The highest BCUT2D eigenvalue weighted by molar-refractivity contribution is 5.78. The van der Waals surface area contributed by atoms with Gasteiger partial charge in [-0.2, -0.15) is 0 Å². The number of benzene rings is 2. The summed E-state index contributed by atoms with van der Waals surface area (Å²) in [6, 6.07) is 15.2. The van der Waals surface area contributed by atoms with Crippen LogP contribution in [-0.4, -0.2) is 24.9 Å². The third-order valence-corrected chi connectivity index (χ3v) is 4.24. The predicted molar refractivity (Wildman–Crippen MR) is 109 cm³/mol. The van der Waals surface area contributed by atoms with Crippen molar-refractivity contribution in [2.24, 2.45) is 0 Å². The number of hydrogen-bond acceptors (Lipinski definition) is 4. The van der Waals surface area contributed by atoms with Gasteiger partial charge in [-0.25, -0.2) is 0 Å². The topological polar surface area (TPSA) is 110 Å². The molecule has 0 atom stereocenters. The number of carbonyl (C=O) groups excluding carboxylic acids is 2. The minimum absolute atomic E-state index is 0.0277. The van der Waals surface area contributed by atoms with Crippen LogP contribution in [0.3, 0.4) is 0 Å². The van der Waals surface area contributed by atoms with Crippen LogP contribution < -0.4 is 22.1 Å². The first kappa shape index (κ1) is 20.3. The maximum atomic E-state index is 11.8. The lowest BCUT2D eigenvalue weighted by molar-refractivity contribution is -0.122. The highest BCUT2D eigenvalue weighted by Crippen LogP contribution is 2.06. The Kier molecular flexibility index (Phi) is 8.16. The number of amides is 2. The lowest BCUT2D eigenvalue weighted by Crippen LogP contribution is -2.27. The Bertz CT molecular complexity index is 663. The van der Waals surface area contributed by atoms with Crippen molar-refractivity contribution in [3.8, 4) is 0 Å². The van der Waals surface area contributed by atoms with Crippen molar-refractivity contribution in [1.82, 2.24) is 10.6 Å². The smallest absolute Gasteiger partial charge is 0.220 e. The maximum absolute atomic E-state index is 11.8. The number of hydrogen-bond donors (Lipinski definition) is 4. The molecule has 2 rings (SSSR count). The Morgan fingerprint density at radius 2 is 1.04 bits per heavy atom. The molecule has 0 bridgehead atoms. The standard InChI is InChI=1S/C21H28N4O2/c22-18-8-4-16(5-9-18)12-14-24-20(26)2-1-3-21(27)25-15-13-17-6-10-19(23)11-7-17/h4-11H,1-3,12-15,22-23H2,(H,24,26)(H,25,27). The number of anilines is 2. The van der Waals surface area contributed by atoms with Crippen LogP contribution in [0.4, 0.5) is 11.4 Å². The second-order valence-electron chi connectivity index (χ2n) is 6.54. The Morgan fingerprint density at radius 3 is 1.41 bits per heavy atom. The van der Waals surface area contributed by atoms with Gasteiger partial charge in [0.15, 0.2) is 0 Å². The van der Waals surface area contributed by atoms with Crippen LogP contribution in [-0.2, 0) is 22.4 Å². The van der Waals surface area contributed by atoms with Crippen molar-refractivity contribution in [1.29, 1.82) is 0 Å². The van der Waals surface area contributed by atoms with Gasteiger partial charge >= 0.3 is 0 Å². The van der Waals surface area contributed by atoms with Crippen LogP contribution in [0.25, 0.3) is 0 Å². The van der Waals surface area contributed by atoms with E-state index in [-0.39, 0.29) is 11.8 Å². The van der Waals surface area contributed by atoms with Gasteiger partial charge in [0.05, 0.1) is 0 Å². The molecule has 27 heavy (non-hydrogen) atoms. The van der Waals surface area contributed by atoms with Gasteiger partial charge in [-0.15, -0.1) is 0 Å². The molecule has 0 radical (unpaired) electrons. The van der Waals surface area contributed by atoms with Crippen LogP contribution in [0.5, 0.6) is 0 Å². The summed E-state index contributed by atoms with van der Waals surface area (Å²) in [6.07, 6.45) is 2.77. The SMILES string of the molecule is Nc1ccc(CCNC(=O)CCCC(=O)NCCc2ccc(N)cc2)cc1. The van der Waals surface area contributed by atoms with Crippen LogP contribution in [0, 0.1) is 0 Å². The number of carbonyl (C=O) groups is 2. The van der Waals surface area contributed by atoms with Crippen molar-refractivity contribution in [3.05, 3.63) is 59.7 Å². The van der Waals surface area contributed by atoms with E-state index in [1.807, 2.05) is 48.5 Å². The van der Waals surface area contributed by atoms with Gasteiger partial charge in [0.25, 0.3) is 0 Å². The fourth-order valence-corrected chi connectivity index (χ4v) is 2.65. The molecule has 0 aromatic heterocycles. The zero-order valence-electron chi connectivity index (χ0n) is 15.5. The molecule has 0 unspecified atom stereocenters. The molecular weight excluding hydrogens is 340 g/mol. The van der Waals surface area contributed by atoms with E-state index in [1.165, 1.54) is 0 Å². The zero-order valence-corrected chi connectivity index (χ0v) is 15.5. The molecule has 2 aromatic rings. The Labute approximate surface area is 160 Å². The number of nitrogens with one attached hydrogen (secondary N) is 2. The largest absolute Gasteiger partial charge is 0.399 e. The van der Waals surface area contributed by atoms with E-state index in [0.717, 1.165) is 35.3 Å². The first-order valence-electron chi connectivity index (χ1n) is 9.25. The summed E-state index contributed by atoms with van der Waals surface area (Å²) in [4.78, 5) is 23.6. The molecule has 0 saturated heterocycles. The number of nitrogen functional groups attached to an aromatic ring is 2. The second-order valence-corrected chi connectivity index (χ2v) is 6.54. The summed E-state index contributed by atoms with van der Waals surface area (Å²) in [5.41, 5.74) is 15.0. The minimum Gasteiger partial charge on any atom is -0.399 e. The van der Waals surface area contributed by atoms with Crippen LogP contribution in [0.15, 0.2) is 48.5 Å². The van der Waals surface area contributed by atoms with Gasteiger partial charge in [-0.05, 0) is 54.7 Å². The normalized spacial score (nSPS) is 10.4. The third kappa shape index (κ3) is 8.27. The molecule has 0 fully saturated rings. The fourth-order valence-electron chi connectivity index (χ4n) is 2.65. The van der Waals surface area contributed by atoms with Crippen LogP contribution in [0.2, 0.25) is 0 Å². The Hall–Kier alpha value is -3.02. The van der Waals surface area contributed by atoms with Crippen LogP contribution >= 0.6 is 0 Å². The molecule has 6 heteroatoms. The molecule has 0 spiro atoms. The van der Waals surface area contributed by atoms with Crippen molar-refractivity contribution >= 4 is 23.2 Å². The van der Waals surface area contributed by atoms with Gasteiger partial charge in [0.2, 0.25) is 11.8 Å². The van der Waals surface area contributed by atoms with Gasteiger partial charge in [0, 0.05) is 37.3 Å². The van der Waals surface area contributed by atoms with Crippen molar-refractivity contribution in [3.63, 3.8) is 0 Å². The van der Waals surface area contributed by atoms with E-state index in [9.17, 15) is 9.59 Å². The summed E-state index contributed by atoms with van der Waals surface area (Å²) in [5, 5.41) is 5.75. The van der Waals surface area contributed by atoms with Gasteiger partial charge in [-0.3, -0.25) is 9.59 Å². The summed E-state index contributed by atoms with van der Waals surface area (Å²) >= 11 is 0. The Balaban J connectivity index is 1.51. The number of nitrogens with two attached hydrogens (primary N) is 2. The number of rotatable bonds is 10. The van der Waals surface area contributed by atoms with Crippen molar-refractivity contribution in [2.45, 2.75) is 32.1 Å². The summed E-state index contributed by atoms with van der Waals surface area (Å²) in [7, 11) is 0. The third-order valence-electron chi connectivity index (χ3n) is 4.24. The highest BCUT2D eigenvalue weighted by atomic mass is 16.2. The fraction of sp³-hybridized carbons (Fsp3) is 0.333. The monoisotopic (exact) mass is 368 g/mol. The summed E-state index contributed by atoms with van der Waals surface area (Å²) < 4.78 is 0. The molecule has 6 nitrogen and oxygen atoms in total. The molecule has 0 saturated carbocycles. The van der Waals surface area contributed by atoms with E-state index in [0.29, 0.717) is 32.4 Å². The first-order valence-corrected chi connectivity index (χ1v) is 9.25. The molecule has 0 aliphatic rings. The molecule has 0 heterocycles. The second kappa shape index (κ2) is 10.9. The molecule has 6 N–H and O–H groups in total. The molecule has 2 aromatic carbocycles. The highest BCUT2D eigenvalue weighted by Gasteiger charge is 2.05. The molecular formula is C21H28N4O2. The molecule has 2 amide bonds. The van der Waals surface area contributed by atoms with E-state index in [1.54, 1.807) is 0 Å². The van der Waals surface area contributed by atoms with E-state index < -0.39 is 0 Å². The van der Waals surface area contributed by atoms with Gasteiger partial charge in [0.1, 0.15) is 0 Å². The van der Waals surface area contributed by atoms with Gasteiger partial charge in [-0.1, -0.05) is 24.3 Å². The average molecular weight is 368 g/mol. The van der Waals surface area contributed by atoms with E-state index in [2.05, 4.69) is 10.6 Å². The lowest BCUT2D eigenvalue weighted by atomic mass is 10.1. The Morgan fingerprint density at radius 1 is 0.667 bits per heavy atom. The van der Waals surface area contributed by atoms with E-state index >= 15 is 0 Å². The predicted octanol–water partition coefficient (Wildman–Crippen LogP) is 2.04. The zero-order chi connectivity index (χ0) is 19.5. The lowest BCUT2D eigenvalue weighted by Gasteiger charge is -2.07. The first-order chi connectivity index (χ1) is 13.0. The van der Waals surface area contributed by atoms with Crippen molar-refractivity contribution in [2.75, 3.05) is 24.6 Å². The molecule has 144 valence electrons. The van der Waals surface area contributed by atoms with Crippen LogP contribution in [0.1, 0.15) is 30.4 Å². The minimum atomic E-state index is -0.0277. The quantitative estimate of drug-likeness (QED) is 0.481.